The molecule has 1 unspecified atom stereocenters. The van der Waals surface area contributed by atoms with Crippen molar-refractivity contribution >= 4 is 0 Å². The minimum absolute atomic E-state index is 0.194. The smallest absolute Gasteiger partial charge is 0.180 e. The van der Waals surface area contributed by atoms with Crippen LogP contribution in [0.4, 0.5) is 0 Å². The largest absolute Gasteiger partial charge is 0.488 e. The van der Waals surface area contributed by atoms with Crippen molar-refractivity contribution in [1.29, 1.82) is 0 Å². The second kappa shape index (κ2) is 11.0. The first-order valence-corrected chi connectivity index (χ1v) is 13.5. The quantitative estimate of drug-likeness (QED) is 0.288. The fraction of sp³-hybridized carbons (Fsp3) is 0.344. The maximum absolute atomic E-state index is 9.75. The van der Waals surface area contributed by atoms with E-state index in [2.05, 4.69) is 65.3 Å². The molecule has 0 spiro atoms. The number of nitrogens with zero attached hydrogens (tertiary/aromatic N) is 2. The molecule has 3 aromatic carbocycles. The van der Waals surface area contributed by atoms with Crippen molar-refractivity contribution in [2.45, 2.75) is 58.4 Å². The van der Waals surface area contributed by atoms with Crippen molar-refractivity contribution in [3.63, 3.8) is 0 Å². The Hall–Kier alpha value is -3.61. The number of rotatable bonds is 10. The number of benzene rings is 3. The lowest BCUT2D eigenvalue weighted by Gasteiger charge is -2.40. The van der Waals surface area contributed by atoms with Gasteiger partial charge in [-0.05, 0) is 66.0 Å². The maximum atomic E-state index is 9.75. The second-order valence-electron chi connectivity index (χ2n) is 10.3. The number of aliphatic hydroxyl groups is 1. The van der Waals surface area contributed by atoms with Crippen LogP contribution in [-0.4, -0.2) is 34.2 Å². The van der Waals surface area contributed by atoms with E-state index >= 15 is 0 Å². The molecule has 1 N–H and O–H groups in total. The van der Waals surface area contributed by atoms with Gasteiger partial charge in [0.15, 0.2) is 6.39 Å². The average molecular weight is 511 g/mol. The number of hydrogen-bond acceptors (Lipinski definition) is 6. The molecule has 6 heteroatoms. The molecule has 0 amide bonds. The van der Waals surface area contributed by atoms with E-state index in [1.54, 1.807) is 6.26 Å². The second-order valence-corrected chi connectivity index (χ2v) is 10.3. The summed E-state index contributed by atoms with van der Waals surface area (Å²) in [6.45, 7) is 4.98. The molecule has 1 saturated heterocycles. The minimum atomic E-state index is 0.194. The Balaban J connectivity index is 1.29. The first kappa shape index (κ1) is 24.7. The lowest BCUT2D eigenvalue weighted by atomic mass is 9.96. The summed E-state index contributed by atoms with van der Waals surface area (Å²) in [5, 5.41) is 9.75. The van der Waals surface area contributed by atoms with Gasteiger partial charge in [-0.1, -0.05) is 48.5 Å². The van der Waals surface area contributed by atoms with Gasteiger partial charge in [0, 0.05) is 30.8 Å². The topological polar surface area (TPSA) is 68.0 Å². The summed E-state index contributed by atoms with van der Waals surface area (Å²) in [6, 6.07) is 19.2. The van der Waals surface area contributed by atoms with E-state index in [9.17, 15) is 5.11 Å². The Kier molecular flexibility index (Phi) is 7.16. The van der Waals surface area contributed by atoms with Gasteiger partial charge in [0.2, 0.25) is 0 Å². The number of aliphatic hydroxyl groups excluding tert-OH is 1. The molecule has 4 aromatic rings. The van der Waals surface area contributed by atoms with E-state index in [-0.39, 0.29) is 12.6 Å². The SMILES string of the molecule is Cc1c(COc2cc(OCc3cocn3)c(CN3CCC3CO)c3c2CCC3)cccc1-c1ccccc1. The van der Waals surface area contributed by atoms with E-state index < -0.39 is 0 Å². The van der Waals surface area contributed by atoms with Crippen molar-refractivity contribution in [3.05, 3.63) is 101 Å². The highest BCUT2D eigenvalue weighted by Gasteiger charge is 2.31. The molecule has 1 aliphatic carbocycles. The Morgan fingerprint density at radius 3 is 2.61 bits per heavy atom. The van der Waals surface area contributed by atoms with Crippen LogP contribution >= 0.6 is 0 Å². The number of oxazole rings is 1. The molecule has 1 atom stereocenters. The van der Waals surface area contributed by atoms with Gasteiger partial charge in [-0.3, -0.25) is 4.90 Å². The summed E-state index contributed by atoms with van der Waals surface area (Å²) in [5.74, 6) is 1.74. The van der Waals surface area contributed by atoms with Crippen LogP contribution in [0, 0.1) is 6.92 Å². The molecule has 196 valence electrons. The predicted octanol–water partition coefficient (Wildman–Crippen LogP) is 5.86. The monoisotopic (exact) mass is 510 g/mol. The minimum Gasteiger partial charge on any atom is -0.488 e. The molecule has 2 aliphatic rings. The highest BCUT2D eigenvalue weighted by Crippen LogP contribution is 2.41. The lowest BCUT2D eigenvalue weighted by Crippen LogP contribution is -2.49. The molecular formula is C32H34N2O4. The van der Waals surface area contributed by atoms with Gasteiger partial charge >= 0.3 is 0 Å². The number of hydrogen-bond donors (Lipinski definition) is 1. The molecule has 1 aliphatic heterocycles. The Morgan fingerprint density at radius 1 is 1.00 bits per heavy atom. The predicted molar refractivity (Wildman–Crippen MR) is 146 cm³/mol. The van der Waals surface area contributed by atoms with Crippen LogP contribution in [0.3, 0.4) is 0 Å². The van der Waals surface area contributed by atoms with Crippen LogP contribution in [-0.2, 0) is 32.6 Å². The van der Waals surface area contributed by atoms with E-state index in [4.69, 9.17) is 13.9 Å². The third-order valence-corrected chi connectivity index (χ3v) is 8.05. The van der Waals surface area contributed by atoms with Gasteiger partial charge in [0.1, 0.15) is 36.7 Å². The van der Waals surface area contributed by atoms with Crippen LogP contribution in [0.2, 0.25) is 0 Å². The zero-order valence-corrected chi connectivity index (χ0v) is 21.9. The zero-order chi connectivity index (χ0) is 25.9. The van der Waals surface area contributed by atoms with Crippen LogP contribution in [0.5, 0.6) is 11.5 Å². The van der Waals surface area contributed by atoms with Crippen molar-refractivity contribution in [2.75, 3.05) is 13.2 Å². The summed E-state index contributed by atoms with van der Waals surface area (Å²) < 4.78 is 18.0. The highest BCUT2D eigenvalue weighted by atomic mass is 16.5. The van der Waals surface area contributed by atoms with Crippen LogP contribution in [0.15, 0.2) is 71.7 Å². The average Bonchev–Trinajstić information content (AvgIpc) is 3.63. The normalized spacial score (nSPS) is 16.7. The molecule has 6 nitrogen and oxygen atoms in total. The van der Waals surface area contributed by atoms with E-state index in [0.717, 1.165) is 56.0 Å². The molecule has 1 fully saturated rings. The Bertz CT molecular complexity index is 1380. The van der Waals surface area contributed by atoms with Gasteiger partial charge in [-0.2, -0.15) is 0 Å². The third kappa shape index (κ3) is 4.94. The summed E-state index contributed by atoms with van der Waals surface area (Å²) >= 11 is 0. The first-order chi connectivity index (χ1) is 18.7. The number of fused-ring (bicyclic) bond motifs is 1. The maximum Gasteiger partial charge on any atom is 0.180 e. The van der Waals surface area contributed by atoms with Gasteiger partial charge in [0.05, 0.1) is 6.61 Å². The van der Waals surface area contributed by atoms with Crippen molar-refractivity contribution < 1.29 is 19.0 Å². The number of aromatic nitrogens is 1. The molecule has 2 heterocycles. The van der Waals surface area contributed by atoms with Gasteiger partial charge < -0.3 is 19.0 Å². The standard InChI is InChI=1S/C32H34N2O4/c1-22-24(9-5-10-27(22)23-7-3-2-4-8-23)18-37-31-15-32(38-20-25-19-36-21-33-25)30(28-11-6-12-29(28)31)16-34-14-13-26(34)17-35/h2-5,7-10,15,19,21,26,35H,6,11-14,16-18,20H2,1H3. The number of likely N-dealkylation sites (tertiary alicyclic amines) is 1. The van der Waals surface area contributed by atoms with Crippen LogP contribution < -0.4 is 9.47 Å². The fourth-order valence-corrected chi connectivity index (χ4v) is 5.72. The molecule has 0 radical (unpaired) electrons. The van der Waals surface area contributed by atoms with Gasteiger partial charge in [-0.15, -0.1) is 0 Å². The third-order valence-electron chi connectivity index (χ3n) is 8.05. The van der Waals surface area contributed by atoms with Gasteiger partial charge in [-0.25, -0.2) is 4.98 Å². The molecule has 0 saturated carbocycles. The van der Waals surface area contributed by atoms with Crippen LogP contribution in [0.25, 0.3) is 11.1 Å². The zero-order valence-electron chi connectivity index (χ0n) is 21.9. The Labute approximate surface area is 223 Å². The van der Waals surface area contributed by atoms with E-state index in [1.165, 1.54) is 45.3 Å². The van der Waals surface area contributed by atoms with Crippen molar-refractivity contribution in [1.82, 2.24) is 9.88 Å². The molecule has 38 heavy (non-hydrogen) atoms. The summed E-state index contributed by atoms with van der Waals surface area (Å²) in [6.07, 6.45) is 7.21. The van der Waals surface area contributed by atoms with E-state index in [0.29, 0.717) is 13.2 Å². The first-order valence-electron chi connectivity index (χ1n) is 13.5. The molecule has 6 rings (SSSR count). The molecule has 0 bridgehead atoms. The summed E-state index contributed by atoms with van der Waals surface area (Å²) in [5.41, 5.74) is 9.48. The van der Waals surface area contributed by atoms with Crippen molar-refractivity contribution in [3.8, 4) is 22.6 Å². The summed E-state index contributed by atoms with van der Waals surface area (Å²) in [4.78, 5) is 6.57. The summed E-state index contributed by atoms with van der Waals surface area (Å²) in [7, 11) is 0. The van der Waals surface area contributed by atoms with E-state index in [1.807, 2.05) is 6.07 Å². The fourth-order valence-electron chi connectivity index (χ4n) is 5.72. The Morgan fingerprint density at radius 2 is 1.84 bits per heavy atom. The number of ether oxygens (including phenoxy) is 2. The highest BCUT2D eigenvalue weighted by molar-refractivity contribution is 5.68. The van der Waals surface area contributed by atoms with Crippen LogP contribution in [0.1, 0.15) is 46.4 Å². The van der Waals surface area contributed by atoms with Crippen molar-refractivity contribution in [2.24, 2.45) is 0 Å². The molecule has 1 aromatic heterocycles. The molecular weight excluding hydrogens is 476 g/mol. The lowest BCUT2D eigenvalue weighted by molar-refractivity contribution is 0.0346. The van der Waals surface area contributed by atoms with Gasteiger partial charge in [0.25, 0.3) is 0 Å².